The molecule has 174 valence electrons. The van der Waals surface area contributed by atoms with Crippen molar-refractivity contribution in [2.75, 3.05) is 34.4 Å². The second kappa shape index (κ2) is 10.2. The minimum atomic E-state index is -3.68. The zero-order valence-electron chi connectivity index (χ0n) is 18.9. The maximum absolute atomic E-state index is 13.1. The number of nitrogens with one attached hydrogen (secondary N) is 1. The maximum atomic E-state index is 13.1. The predicted molar refractivity (Wildman–Crippen MR) is 121 cm³/mol. The number of carbonyl (C=O) groups is 1. The fraction of sp³-hybridized carbons (Fsp3) is 0.435. The second-order valence-electron chi connectivity index (χ2n) is 7.63. The number of amides is 1. The number of piperidine rings is 1. The lowest BCUT2D eigenvalue weighted by atomic mass is 10.1. The molecule has 0 bridgehead atoms. The van der Waals surface area contributed by atoms with Crippen LogP contribution in [0.4, 0.5) is 0 Å². The van der Waals surface area contributed by atoms with Crippen molar-refractivity contribution in [3.05, 3.63) is 47.5 Å². The molecule has 0 unspecified atom stereocenters. The second-order valence-corrected chi connectivity index (χ2v) is 9.57. The number of benzene rings is 2. The van der Waals surface area contributed by atoms with Crippen molar-refractivity contribution in [1.29, 1.82) is 0 Å². The lowest BCUT2D eigenvalue weighted by molar-refractivity contribution is 0.0936. The van der Waals surface area contributed by atoms with Gasteiger partial charge in [0.15, 0.2) is 0 Å². The minimum absolute atomic E-state index is 0.0805. The Bertz CT molecular complexity index is 1060. The quantitative estimate of drug-likeness (QED) is 0.646. The molecule has 8 nitrogen and oxygen atoms in total. The molecule has 32 heavy (non-hydrogen) atoms. The number of methoxy groups -OCH3 is 3. The first-order valence-electron chi connectivity index (χ1n) is 10.5. The van der Waals surface area contributed by atoms with Gasteiger partial charge in [-0.3, -0.25) is 4.79 Å². The Balaban J connectivity index is 1.90. The number of rotatable bonds is 8. The van der Waals surface area contributed by atoms with Crippen LogP contribution < -0.4 is 19.5 Å². The normalized spacial score (nSPS) is 15.6. The highest BCUT2D eigenvalue weighted by Gasteiger charge is 2.28. The molecular weight excluding hydrogens is 432 g/mol. The average Bonchev–Trinajstić information content (AvgIpc) is 2.83. The van der Waals surface area contributed by atoms with Gasteiger partial charge in [0, 0.05) is 18.7 Å². The number of ether oxygens (including phenoxy) is 3. The Morgan fingerprint density at radius 1 is 0.938 bits per heavy atom. The van der Waals surface area contributed by atoms with Gasteiger partial charge in [-0.05, 0) is 56.2 Å². The highest BCUT2D eigenvalue weighted by Crippen LogP contribution is 2.31. The van der Waals surface area contributed by atoms with Crippen LogP contribution in [0.5, 0.6) is 17.2 Å². The van der Waals surface area contributed by atoms with Crippen LogP contribution in [0.3, 0.4) is 0 Å². The first-order chi connectivity index (χ1) is 15.3. The topological polar surface area (TPSA) is 94.2 Å². The molecule has 0 spiro atoms. The highest BCUT2D eigenvalue weighted by molar-refractivity contribution is 7.89. The molecule has 0 aliphatic carbocycles. The standard InChI is InChI=1S/C23H30N2O6S/c1-16(19-14-17(29-2)8-10-21(19)30-3)24-23(26)20-15-18(9-11-22(20)31-4)32(27,28)25-12-6-5-7-13-25/h8-11,14-16H,5-7,12-13H2,1-4H3,(H,24,26)/t16-/m0/s1. The summed E-state index contributed by atoms with van der Waals surface area (Å²) in [5, 5.41) is 2.91. The molecule has 1 aliphatic heterocycles. The number of hydrogen-bond donors (Lipinski definition) is 1. The Morgan fingerprint density at radius 3 is 2.22 bits per heavy atom. The summed E-state index contributed by atoms with van der Waals surface area (Å²) in [6.07, 6.45) is 2.69. The van der Waals surface area contributed by atoms with Crippen LogP contribution in [0.2, 0.25) is 0 Å². The monoisotopic (exact) mass is 462 g/mol. The Hall–Kier alpha value is -2.78. The van der Waals surface area contributed by atoms with Gasteiger partial charge < -0.3 is 19.5 Å². The minimum Gasteiger partial charge on any atom is -0.497 e. The van der Waals surface area contributed by atoms with E-state index in [-0.39, 0.29) is 10.5 Å². The summed E-state index contributed by atoms with van der Waals surface area (Å²) in [6, 6.07) is 9.28. The van der Waals surface area contributed by atoms with Crippen LogP contribution in [0.1, 0.15) is 48.1 Å². The summed E-state index contributed by atoms with van der Waals surface area (Å²) in [6.45, 7) is 2.79. The third-order valence-corrected chi connectivity index (χ3v) is 7.51. The van der Waals surface area contributed by atoms with E-state index < -0.39 is 22.0 Å². The summed E-state index contributed by atoms with van der Waals surface area (Å²) >= 11 is 0. The van der Waals surface area contributed by atoms with Gasteiger partial charge in [0.2, 0.25) is 10.0 Å². The largest absolute Gasteiger partial charge is 0.497 e. The molecule has 1 saturated heterocycles. The van der Waals surface area contributed by atoms with E-state index in [0.29, 0.717) is 30.3 Å². The van der Waals surface area contributed by atoms with Crippen molar-refractivity contribution in [2.24, 2.45) is 0 Å². The fourth-order valence-corrected chi connectivity index (χ4v) is 5.35. The van der Waals surface area contributed by atoms with Gasteiger partial charge in [0.25, 0.3) is 5.91 Å². The third kappa shape index (κ3) is 4.99. The van der Waals surface area contributed by atoms with E-state index in [1.165, 1.54) is 29.6 Å². The molecule has 9 heteroatoms. The van der Waals surface area contributed by atoms with Crippen molar-refractivity contribution >= 4 is 15.9 Å². The summed E-state index contributed by atoms with van der Waals surface area (Å²) in [5.74, 6) is 1.08. The third-order valence-electron chi connectivity index (χ3n) is 5.62. The van der Waals surface area contributed by atoms with E-state index in [1.54, 1.807) is 32.4 Å². The molecule has 3 rings (SSSR count). The Morgan fingerprint density at radius 2 is 1.59 bits per heavy atom. The SMILES string of the molecule is COc1ccc(OC)c([C@H](C)NC(=O)c2cc(S(=O)(=O)N3CCCCC3)ccc2OC)c1. The summed E-state index contributed by atoms with van der Waals surface area (Å²) in [5.41, 5.74) is 0.885. The highest BCUT2D eigenvalue weighted by atomic mass is 32.2. The van der Waals surface area contributed by atoms with Crippen molar-refractivity contribution in [1.82, 2.24) is 9.62 Å². The van der Waals surface area contributed by atoms with E-state index in [9.17, 15) is 13.2 Å². The first-order valence-corrected chi connectivity index (χ1v) is 12.0. The summed E-state index contributed by atoms with van der Waals surface area (Å²) in [7, 11) is 0.879. The maximum Gasteiger partial charge on any atom is 0.255 e. The molecule has 2 aromatic carbocycles. The van der Waals surface area contributed by atoms with Gasteiger partial charge in [-0.25, -0.2) is 8.42 Å². The van der Waals surface area contributed by atoms with Crippen LogP contribution >= 0.6 is 0 Å². The molecule has 1 heterocycles. The van der Waals surface area contributed by atoms with Crippen molar-refractivity contribution in [2.45, 2.75) is 37.1 Å². The van der Waals surface area contributed by atoms with Gasteiger partial charge in [-0.2, -0.15) is 4.31 Å². The molecule has 1 amide bonds. The fourth-order valence-electron chi connectivity index (χ4n) is 3.81. The lowest BCUT2D eigenvalue weighted by Gasteiger charge is -2.26. The van der Waals surface area contributed by atoms with Gasteiger partial charge in [-0.1, -0.05) is 6.42 Å². The van der Waals surface area contributed by atoms with E-state index >= 15 is 0 Å². The zero-order chi connectivity index (χ0) is 23.3. The molecule has 0 radical (unpaired) electrons. The lowest BCUT2D eigenvalue weighted by Crippen LogP contribution is -2.35. The molecule has 1 N–H and O–H groups in total. The van der Waals surface area contributed by atoms with E-state index in [1.807, 2.05) is 6.92 Å². The average molecular weight is 463 g/mol. The number of hydrogen-bond acceptors (Lipinski definition) is 6. The molecule has 1 fully saturated rings. The van der Waals surface area contributed by atoms with Crippen LogP contribution in [0.15, 0.2) is 41.3 Å². The van der Waals surface area contributed by atoms with Crippen molar-refractivity contribution in [3.63, 3.8) is 0 Å². The van der Waals surface area contributed by atoms with Gasteiger partial charge in [0.05, 0.1) is 37.8 Å². The van der Waals surface area contributed by atoms with Gasteiger partial charge >= 0.3 is 0 Å². The number of nitrogens with zero attached hydrogens (tertiary/aromatic N) is 1. The smallest absolute Gasteiger partial charge is 0.255 e. The molecule has 2 aromatic rings. The van der Waals surface area contributed by atoms with Crippen LogP contribution in [0.25, 0.3) is 0 Å². The summed E-state index contributed by atoms with van der Waals surface area (Å²) < 4.78 is 43.7. The molecular formula is C23H30N2O6S. The van der Waals surface area contributed by atoms with Crippen molar-refractivity contribution in [3.8, 4) is 17.2 Å². The van der Waals surface area contributed by atoms with Crippen LogP contribution in [0, 0.1) is 0 Å². The molecule has 0 aromatic heterocycles. The van der Waals surface area contributed by atoms with E-state index in [0.717, 1.165) is 24.8 Å². The summed E-state index contributed by atoms with van der Waals surface area (Å²) in [4.78, 5) is 13.2. The van der Waals surface area contributed by atoms with Crippen LogP contribution in [-0.2, 0) is 10.0 Å². The zero-order valence-corrected chi connectivity index (χ0v) is 19.7. The molecule has 1 atom stereocenters. The Labute approximate surface area is 189 Å². The number of carbonyl (C=O) groups excluding carboxylic acids is 1. The van der Waals surface area contributed by atoms with E-state index in [2.05, 4.69) is 5.32 Å². The Kier molecular flexibility index (Phi) is 7.63. The first kappa shape index (κ1) is 23.9. The van der Waals surface area contributed by atoms with Gasteiger partial charge in [-0.15, -0.1) is 0 Å². The number of sulfonamides is 1. The molecule has 1 aliphatic rings. The van der Waals surface area contributed by atoms with Crippen LogP contribution in [-0.4, -0.2) is 53.0 Å². The van der Waals surface area contributed by atoms with Gasteiger partial charge in [0.1, 0.15) is 17.2 Å². The predicted octanol–water partition coefficient (Wildman–Crippen LogP) is 3.38. The molecule has 0 saturated carbocycles. The van der Waals surface area contributed by atoms with Crippen molar-refractivity contribution < 1.29 is 27.4 Å². The van der Waals surface area contributed by atoms with E-state index in [4.69, 9.17) is 14.2 Å².